The van der Waals surface area contributed by atoms with Crippen molar-refractivity contribution in [3.63, 3.8) is 0 Å². The van der Waals surface area contributed by atoms with Gasteiger partial charge in [-0.25, -0.2) is 4.98 Å². The Hall–Kier alpha value is -2.73. The van der Waals surface area contributed by atoms with Gasteiger partial charge in [-0.3, -0.25) is 4.79 Å². The zero-order chi connectivity index (χ0) is 17.6. The number of benzene rings is 2. The van der Waals surface area contributed by atoms with Crippen molar-refractivity contribution in [1.29, 1.82) is 0 Å². The molecule has 128 valence electrons. The molecule has 0 radical (unpaired) electrons. The van der Waals surface area contributed by atoms with Gasteiger partial charge in [-0.05, 0) is 42.4 Å². The molecule has 0 spiro atoms. The van der Waals surface area contributed by atoms with Gasteiger partial charge in [0.1, 0.15) is 0 Å². The van der Waals surface area contributed by atoms with Crippen LogP contribution in [0.5, 0.6) is 0 Å². The molecule has 25 heavy (non-hydrogen) atoms. The first kappa shape index (κ1) is 17.1. The van der Waals surface area contributed by atoms with E-state index in [9.17, 15) is 4.79 Å². The van der Waals surface area contributed by atoms with Gasteiger partial charge >= 0.3 is 0 Å². The highest BCUT2D eigenvalue weighted by atomic mass is 32.1. The Balaban J connectivity index is 1.79. The van der Waals surface area contributed by atoms with Crippen LogP contribution in [0.4, 0.5) is 5.69 Å². The normalized spacial score (nSPS) is 10.6. The first-order chi connectivity index (χ1) is 12.2. The van der Waals surface area contributed by atoms with Crippen molar-refractivity contribution in [1.82, 2.24) is 14.9 Å². The smallest absolute Gasteiger partial charge is 0.258 e. The Bertz CT molecular complexity index is 923. The van der Waals surface area contributed by atoms with E-state index < -0.39 is 0 Å². The summed E-state index contributed by atoms with van der Waals surface area (Å²) in [5.74, 6) is 0. The molecule has 0 unspecified atom stereocenters. The highest BCUT2D eigenvalue weighted by Gasteiger charge is 2.10. The monoisotopic (exact) mass is 352 g/mol. The lowest BCUT2D eigenvalue weighted by Crippen LogP contribution is -2.34. The lowest BCUT2D eigenvalue weighted by Gasteiger charge is -2.25. The molecule has 0 atom stereocenters. The van der Waals surface area contributed by atoms with Crippen molar-refractivity contribution in [2.45, 2.75) is 19.9 Å². The van der Waals surface area contributed by atoms with Crippen LogP contribution in [0.2, 0.25) is 0 Å². The van der Waals surface area contributed by atoms with Crippen molar-refractivity contribution in [3.8, 4) is 0 Å². The molecule has 1 aromatic heterocycles. The molecule has 3 aromatic rings. The summed E-state index contributed by atoms with van der Waals surface area (Å²) in [5.41, 5.74) is 2.49. The average Bonchev–Trinajstić information content (AvgIpc) is 2.63. The van der Waals surface area contributed by atoms with Crippen molar-refractivity contribution >= 4 is 33.9 Å². The molecular formula is C19H20N4OS. The second-order valence-electron chi connectivity index (χ2n) is 5.80. The number of anilines is 1. The first-order valence-electron chi connectivity index (χ1n) is 8.24. The van der Waals surface area contributed by atoms with Crippen LogP contribution in [0.25, 0.3) is 10.9 Å². The van der Waals surface area contributed by atoms with Crippen LogP contribution in [-0.2, 0) is 6.54 Å². The summed E-state index contributed by atoms with van der Waals surface area (Å²) in [6, 6.07) is 15.7. The maximum atomic E-state index is 11.9. The molecule has 0 fully saturated rings. The number of nitrogens with zero attached hydrogens (tertiary/aromatic N) is 2. The van der Waals surface area contributed by atoms with E-state index in [-0.39, 0.29) is 5.56 Å². The van der Waals surface area contributed by atoms with Crippen LogP contribution < -0.4 is 10.9 Å². The fraction of sp³-hybridized carbons (Fsp3) is 0.211. The second-order valence-corrected chi connectivity index (χ2v) is 6.19. The molecule has 2 N–H and O–H groups in total. The van der Waals surface area contributed by atoms with E-state index >= 15 is 0 Å². The summed E-state index contributed by atoms with van der Waals surface area (Å²) >= 11 is 5.59. The zero-order valence-corrected chi connectivity index (χ0v) is 14.8. The molecule has 3 rings (SSSR count). The summed E-state index contributed by atoms with van der Waals surface area (Å²) < 4.78 is 0. The number of hydrogen-bond donors (Lipinski definition) is 2. The number of thiocarbonyl (C=S) groups is 1. The molecule has 1 heterocycles. The number of aromatic nitrogens is 2. The fourth-order valence-electron chi connectivity index (χ4n) is 2.68. The van der Waals surface area contributed by atoms with Gasteiger partial charge in [-0.1, -0.05) is 37.3 Å². The molecule has 0 aliphatic rings. The number of hydrogen-bond acceptors (Lipinski definition) is 3. The van der Waals surface area contributed by atoms with Crippen LogP contribution in [0, 0.1) is 0 Å². The molecule has 0 saturated carbocycles. The molecule has 0 aliphatic carbocycles. The van der Waals surface area contributed by atoms with Gasteiger partial charge in [0.2, 0.25) is 0 Å². The largest absolute Gasteiger partial charge is 0.345 e. The highest BCUT2D eigenvalue weighted by molar-refractivity contribution is 7.80. The molecule has 0 bridgehead atoms. The summed E-state index contributed by atoms with van der Waals surface area (Å²) in [6.07, 6.45) is 2.40. The van der Waals surface area contributed by atoms with E-state index in [2.05, 4.69) is 39.2 Å². The van der Waals surface area contributed by atoms with Crippen LogP contribution >= 0.6 is 12.2 Å². The SMILES string of the molecule is CCCN(Cc1ccccc1)C(=S)Nc1ccc2nc[nH]c(=O)c2c1. The minimum atomic E-state index is -0.158. The minimum absolute atomic E-state index is 0.158. The first-order valence-corrected chi connectivity index (χ1v) is 8.65. The van der Waals surface area contributed by atoms with E-state index in [4.69, 9.17) is 12.2 Å². The minimum Gasteiger partial charge on any atom is -0.345 e. The zero-order valence-electron chi connectivity index (χ0n) is 14.0. The predicted octanol–water partition coefficient (Wildman–Crippen LogP) is 3.53. The summed E-state index contributed by atoms with van der Waals surface area (Å²) in [5, 5.41) is 4.43. The average molecular weight is 352 g/mol. The highest BCUT2D eigenvalue weighted by Crippen LogP contribution is 2.15. The Kier molecular flexibility index (Phi) is 5.40. The Labute approximate surface area is 151 Å². The molecule has 0 saturated heterocycles. The van der Waals surface area contributed by atoms with Crippen molar-refractivity contribution in [3.05, 3.63) is 70.8 Å². The maximum Gasteiger partial charge on any atom is 0.258 e. The number of nitrogens with one attached hydrogen (secondary N) is 2. The third-order valence-corrected chi connectivity index (χ3v) is 4.25. The van der Waals surface area contributed by atoms with Gasteiger partial charge in [0.05, 0.1) is 17.2 Å². The van der Waals surface area contributed by atoms with Crippen LogP contribution in [0.3, 0.4) is 0 Å². The van der Waals surface area contributed by atoms with Crippen molar-refractivity contribution in [2.24, 2.45) is 0 Å². The van der Waals surface area contributed by atoms with E-state index in [1.807, 2.05) is 30.3 Å². The summed E-state index contributed by atoms with van der Waals surface area (Å²) in [4.78, 5) is 20.8. The Morgan fingerprint density at radius 1 is 1.24 bits per heavy atom. The molecule has 2 aromatic carbocycles. The molecule has 0 amide bonds. The Morgan fingerprint density at radius 2 is 2.04 bits per heavy atom. The quantitative estimate of drug-likeness (QED) is 0.688. The second kappa shape index (κ2) is 7.90. The van der Waals surface area contributed by atoms with Gasteiger partial charge in [-0.15, -0.1) is 0 Å². The van der Waals surface area contributed by atoms with Gasteiger partial charge < -0.3 is 15.2 Å². The van der Waals surface area contributed by atoms with Crippen LogP contribution in [0.15, 0.2) is 59.7 Å². The van der Waals surface area contributed by atoms with Crippen LogP contribution in [0.1, 0.15) is 18.9 Å². The Morgan fingerprint density at radius 3 is 2.80 bits per heavy atom. The summed E-state index contributed by atoms with van der Waals surface area (Å²) in [6.45, 7) is 3.73. The third kappa shape index (κ3) is 4.22. The number of H-pyrrole nitrogens is 1. The number of aromatic amines is 1. The van der Waals surface area contributed by atoms with Gasteiger partial charge in [0.15, 0.2) is 5.11 Å². The number of rotatable bonds is 5. The molecule has 6 heteroatoms. The maximum absolute atomic E-state index is 11.9. The lowest BCUT2D eigenvalue weighted by molar-refractivity contribution is 0.418. The van der Waals surface area contributed by atoms with E-state index in [1.165, 1.54) is 11.9 Å². The summed E-state index contributed by atoms with van der Waals surface area (Å²) in [7, 11) is 0. The predicted molar refractivity (Wildman–Crippen MR) is 106 cm³/mol. The van der Waals surface area contributed by atoms with Crippen LogP contribution in [-0.4, -0.2) is 26.5 Å². The van der Waals surface area contributed by atoms with Gasteiger partial charge in [0.25, 0.3) is 5.56 Å². The lowest BCUT2D eigenvalue weighted by atomic mass is 10.2. The molecular weight excluding hydrogens is 332 g/mol. The van der Waals surface area contributed by atoms with E-state index in [0.29, 0.717) is 16.0 Å². The molecule has 5 nitrogen and oxygen atoms in total. The van der Waals surface area contributed by atoms with Crippen molar-refractivity contribution < 1.29 is 0 Å². The van der Waals surface area contributed by atoms with E-state index in [1.54, 1.807) is 6.07 Å². The van der Waals surface area contributed by atoms with Gasteiger partial charge in [0, 0.05) is 18.8 Å². The standard InChI is InChI=1S/C19H20N4OS/c1-2-10-23(12-14-6-4-3-5-7-14)19(25)22-15-8-9-17-16(11-15)18(24)21-13-20-17/h3-9,11,13H,2,10,12H2,1H3,(H,22,25)(H,20,21,24). The van der Waals surface area contributed by atoms with E-state index in [0.717, 1.165) is 25.2 Å². The topological polar surface area (TPSA) is 61.0 Å². The van der Waals surface area contributed by atoms with Gasteiger partial charge in [-0.2, -0.15) is 0 Å². The molecule has 0 aliphatic heterocycles. The van der Waals surface area contributed by atoms with Crippen molar-refractivity contribution in [2.75, 3.05) is 11.9 Å². The third-order valence-electron chi connectivity index (χ3n) is 3.89. The number of fused-ring (bicyclic) bond motifs is 1. The fourth-order valence-corrected chi connectivity index (χ4v) is 2.95.